The molecular weight excluding hydrogens is 793 g/mol. The van der Waals surface area contributed by atoms with Gasteiger partial charge in [0.1, 0.15) is 30.1 Å². The lowest BCUT2D eigenvalue weighted by Crippen LogP contribution is -2.51. The van der Waals surface area contributed by atoms with Crippen molar-refractivity contribution in [1.82, 2.24) is 35.3 Å². The van der Waals surface area contributed by atoms with Crippen molar-refractivity contribution in [2.75, 3.05) is 6.61 Å². The summed E-state index contributed by atoms with van der Waals surface area (Å²) >= 11 is 6.39. The number of ether oxygens (including phenoxy) is 1. The molecule has 0 bridgehead atoms. The van der Waals surface area contributed by atoms with Crippen LogP contribution in [0.4, 0.5) is 40.3 Å². The predicted molar refractivity (Wildman–Crippen MR) is 187 cm³/mol. The molecule has 1 aliphatic heterocycles. The number of amides is 3. The van der Waals surface area contributed by atoms with Gasteiger partial charge in [0.05, 0.1) is 28.6 Å². The quantitative estimate of drug-likeness (QED) is 0.136. The topological polar surface area (TPSA) is 164 Å². The van der Waals surface area contributed by atoms with Gasteiger partial charge in [-0.05, 0) is 60.6 Å². The van der Waals surface area contributed by atoms with E-state index in [1.54, 1.807) is 26.1 Å². The van der Waals surface area contributed by atoms with Crippen LogP contribution in [0.1, 0.15) is 69.5 Å². The van der Waals surface area contributed by atoms with Crippen molar-refractivity contribution in [2.45, 2.75) is 69.8 Å². The summed E-state index contributed by atoms with van der Waals surface area (Å²) < 4.78 is 105. The maximum Gasteiger partial charge on any atom is 0.411 e. The highest BCUT2D eigenvalue weighted by atomic mass is 35.5. The number of carbonyl (C=O) groups excluding carboxylic acids is 2. The zero-order valence-corrected chi connectivity index (χ0v) is 30.8. The molecule has 1 fully saturated rings. The number of carboxylic acid groups (broad SMARTS) is 1. The summed E-state index contributed by atoms with van der Waals surface area (Å²) in [5.74, 6) is -4.24. The number of hydrogen-bond acceptors (Lipinski definition) is 8. The highest BCUT2D eigenvalue weighted by molar-refractivity contribution is 6.32. The molecule has 302 valence electrons. The van der Waals surface area contributed by atoms with E-state index in [4.69, 9.17) is 16.3 Å². The lowest BCUT2D eigenvalue weighted by molar-refractivity contribution is -0.164. The zero-order valence-electron chi connectivity index (χ0n) is 30.0. The van der Waals surface area contributed by atoms with Gasteiger partial charge in [-0.25, -0.2) is 41.8 Å². The van der Waals surface area contributed by atoms with E-state index in [9.17, 15) is 41.0 Å². The molecule has 4 aromatic rings. The molecule has 2 aliphatic rings. The Balaban J connectivity index is 1.49. The molecule has 2 aromatic carbocycles. The van der Waals surface area contributed by atoms with E-state index in [-0.39, 0.29) is 39.5 Å². The van der Waals surface area contributed by atoms with Crippen molar-refractivity contribution in [3.8, 4) is 16.9 Å². The van der Waals surface area contributed by atoms with Crippen LogP contribution in [0.5, 0.6) is 0 Å². The molecule has 0 saturated heterocycles. The molecule has 0 radical (unpaired) electrons. The van der Waals surface area contributed by atoms with Gasteiger partial charge < -0.3 is 15.2 Å². The Kier molecular flexibility index (Phi) is 10.7. The number of aliphatic imine (C=N–C) groups is 1. The van der Waals surface area contributed by atoms with Gasteiger partial charge in [-0.3, -0.25) is 20.0 Å². The largest absolute Gasteiger partial charge is 0.465 e. The summed E-state index contributed by atoms with van der Waals surface area (Å²) in [6, 6.07) is 7.98. The molecular formula is C36H32ClF7N8O5. The third-order valence-corrected chi connectivity index (χ3v) is 9.53. The monoisotopic (exact) mass is 824 g/mol. The number of guanidine groups is 1. The van der Waals surface area contributed by atoms with E-state index in [2.05, 4.69) is 20.1 Å². The van der Waals surface area contributed by atoms with E-state index >= 15 is 9.18 Å². The number of alkyl halides is 5. The summed E-state index contributed by atoms with van der Waals surface area (Å²) in [6.07, 6.45) is -10.6. The van der Waals surface area contributed by atoms with Crippen LogP contribution >= 0.6 is 11.6 Å². The van der Waals surface area contributed by atoms with E-state index in [1.165, 1.54) is 30.3 Å². The first-order chi connectivity index (χ1) is 26.6. The first kappa shape index (κ1) is 40.9. The van der Waals surface area contributed by atoms with Gasteiger partial charge in [0, 0.05) is 11.1 Å². The van der Waals surface area contributed by atoms with Crippen LogP contribution in [0.15, 0.2) is 66.0 Å². The second kappa shape index (κ2) is 14.9. The van der Waals surface area contributed by atoms with Crippen LogP contribution in [-0.2, 0) is 15.1 Å². The predicted octanol–water partition coefficient (Wildman–Crippen LogP) is 7.86. The Hall–Kier alpha value is -5.79. The van der Waals surface area contributed by atoms with Crippen molar-refractivity contribution in [2.24, 2.45) is 10.4 Å². The standard InChI is InChI=1S/C36H32ClF7N8O5/c1-33(2,3)16-35(21-7-4-18(12-23(21)39)24-9-6-20(38)14-45-24)29(53)51(30(49-35)48-31(54)55)26(15-57-32(56)50-34(10-11-34)36(42,43)44)19-5-8-22(37)25(13-19)52-28(27(40)41)46-17-47-52/h4-9,12-14,17,26-27H,10-11,15-16H2,1-3H3,(H,48,49)(H,50,56)(H,54,55)/t26-,35-/m1/s1. The Morgan fingerprint density at radius 3 is 2.33 bits per heavy atom. The number of benzene rings is 2. The van der Waals surface area contributed by atoms with Crippen LogP contribution in [0.3, 0.4) is 0 Å². The molecule has 57 heavy (non-hydrogen) atoms. The molecule has 2 aromatic heterocycles. The first-order valence-electron chi connectivity index (χ1n) is 17.0. The van der Waals surface area contributed by atoms with Crippen molar-refractivity contribution in [3.05, 3.63) is 94.7 Å². The molecule has 21 heteroatoms. The van der Waals surface area contributed by atoms with Crippen LogP contribution < -0.4 is 10.6 Å². The van der Waals surface area contributed by atoms with Gasteiger partial charge >= 0.3 is 18.4 Å². The third-order valence-electron chi connectivity index (χ3n) is 9.21. The van der Waals surface area contributed by atoms with Crippen molar-refractivity contribution >= 4 is 35.7 Å². The third kappa shape index (κ3) is 8.21. The molecule has 3 amide bonds. The summed E-state index contributed by atoms with van der Waals surface area (Å²) in [5.41, 5.74) is -5.92. The van der Waals surface area contributed by atoms with E-state index < -0.39 is 96.1 Å². The number of alkyl carbamates (subject to hydrolysis) is 1. The maximum atomic E-state index is 16.4. The normalized spacial score (nSPS) is 18.4. The molecule has 0 unspecified atom stereocenters. The Morgan fingerprint density at radius 1 is 1.04 bits per heavy atom. The maximum absolute atomic E-state index is 16.4. The average Bonchev–Trinajstić information content (AvgIpc) is 3.65. The summed E-state index contributed by atoms with van der Waals surface area (Å²) in [5, 5.41) is 17.4. The molecule has 1 saturated carbocycles. The smallest absolute Gasteiger partial charge is 0.411 e. The van der Waals surface area contributed by atoms with Crippen LogP contribution in [0, 0.1) is 17.0 Å². The van der Waals surface area contributed by atoms with Crippen LogP contribution in [-0.4, -0.2) is 72.1 Å². The number of hydrogen-bond donors (Lipinski definition) is 3. The first-order valence-corrected chi connectivity index (χ1v) is 17.4. The number of nitrogens with zero attached hydrogens (tertiary/aromatic N) is 6. The fourth-order valence-electron chi connectivity index (χ4n) is 6.55. The van der Waals surface area contributed by atoms with E-state index in [1.807, 2.05) is 5.32 Å². The lowest BCUT2D eigenvalue weighted by Gasteiger charge is -2.35. The van der Waals surface area contributed by atoms with Crippen LogP contribution in [0.2, 0.25) is 5.02 Å². The number of rotatable bonds is 10. The van der Waals surface area contributed by atoms with Crippen LogP contribution in [0.25, 0.3) is 16.9 Å². The number of halogens is 8. The van der Waals surface area contributed by atoms with Gasteiger partial charge in [-0.1, -0.05) is 50.6 Å². The minimum absolute atomic E-state index is 0.0899. The molecule has 3 N–H and O–H groups in total. The highest BCUT2D eigenvalue weighted by Gasteiger charge is 2.65. The summed E-state index contributed by atoms with van der Waals surface area (Å²) in [4.78, 5) is 53.0. The molecule has 2 atom stereocenters. The number of carbonyl (C=O) groups is 3. The minimum Gasteiger partial charge on any atom is -0.465 e. The molecule has 3 heterocycles. The Bertz CT molecular complexity index is 2240. The fraction of sp³-hybridized carbons (Fsp3) is 0.361. The summed E-state index contributed by atoms with van der Waals surface area (Å²) in [7, 11) is 0. The number of aromatic nitrogens is 4. The average molecular weight is 825 g/mol. The van der Waals surface area contributed by atoms with Gasteiger partial charge in [0.2, 0.25) is 5.96 Å². The SMILES string of the molecule is CC(C)(C)C[C@]1(c2ccc(-c3ccc(F)cn3)cc2F)N=C(NC(=O)O)N([C@H](COC(=O)NC2(C(F)(F)F)CC2)c2ccc(Cl)c(-n3ncnc3C(F)F)c2)C1=O. The molecule has 0 spiro atoms. The van der Waals surface area contributed by atoms with Gasteiger partial charge in [0.15, 0.2) is 11.4 Å². The zero-order chi connectivity index (χ0) is 41.7. The highest BCUT2D eigenvalue weighted by Crippen LogP contribution is 2.49. The summed E-state index contributed by atoms with van der Waals surface area (Å²) in [6.45, 7) is 4.11. The van der Waals surface area contributed by atoms with Gasteiger partial charge in [-0.2, -0.15) is 18.3 Å². The lowest BCUT2D eigenvalue weighted by atomic mass is 9.75. The molecule has 13 nitrogen and oxygen atoms in total. The molecule has 6 rings (SSSR count). The second-order valence-corrected chi connectivity index (χ2v) is 15.0. The fourth-order valence-corrected chi connectivity index (χ4v) is 6.75. The second-order valence-electron chi connectivity index (χ2n) is 14.6. The van der Waals surface area contributed by atoms with Crippen molar-refractivity contribution in [1.29, 1.82) is 0 Å². The number of nitrogens with one attached hydrogen (secondary N) is 2. The van der Waals surface area contributed by atoms with Gasteiger partial charge in [-0.15, -0.1) is 0 Å². The Morgan fingerprint density at radius 2 is 1.75 bits per heavy atom. The van der Waals surface area contributed by atoms with Crippen molar-refractivity contribution < 1.29 is 55.0 Å². The van der Waals surface area contributed by atoms with E-state index in [0.717, 1.165) is 35.6 Å². The Labute approximate surface area is 323 Å². The number of pyridine rings is 1. The van der Waals surface area contributed by atoms with E-state index in [0.29, 0.717) is 4.68 Å². The minimum atomic E-state index is -4.83. The molecule has 1 aliphatic carbocycles. The van der Waals surface area contributed by atoms with Crippen molar-refractivity contribution in [3.63, 3.8) is 0 Å². The van der Waals surface area contributed by atoms with Gasteiger partial charge in [0.25, 0.3) is 12.3 Å².